The van der Waals surface area contributed by atoms with Crippen molar-refractivity contribution < 1.29 is 14.3 Å². The molecule has 0 atom stereocenters. The van der Waals surface area contributed by atoms with E-state index in [9.17, 15) is 4.79 Å². The van der Waals surface area contributed by atoms with Crippen molar-refractivity contribution in [2.75, 3.05) is 40.4 Å². The average molecular weight is 375 g/mol. The lowest BCUT2D eigenvalue weighted by Crippen LogP contribution is -2.48. The Morgan fingerprint density at radius 2 is 1.58 bits per heavy atom. The van der Waals surface area contributed by atoms with Crippen LogP contribution in [0.2, 0.25) is 5.02 Å². The molecule has 26 heavy (non-hydrogen) atoms. The van der Waals surface area contributed by atoms with Crippen molar-refractivity contribution in [3.63, 3.8) is 0 Å². The van der Waals surface area contributed by atoms with Crippen LogP contribution >= 0.6 is 11.6 Å². The minimum absolute atomic E-state index is 0.0586. The van der Waals surface area contributed by atoms with Crippen LogP contribution in [0.5, 0.6) is 11.5 Å². The van der Waals surface area contributed by atoms with Gasteiger partial charge in [-0.2, -0.15) is 0 Å². The van der Waals surface area contributed by atoms with Gasteiger partial charge in [0, 0.05) is 37.7 Å². The van der Waals surface area contributed by atoms with Crippen molar-refractivity contribution in [2.24, 2.45) is 0 Å². The summed E-state index contributed by atoms with van der Waals surface area (Å²) >= 11 is 6.25. The van der Waals surface area contributed by atoms with E-state index in [1.807, 2.05) is 35.2 Å². The van der Waals surface area contributed by atoms with Crippen LogP contribution in [0.3, 0.4) is 0 Å². The van der Waals surface area contributed by atoms with E-state index in [4.69, 9.17) is 21.1 Å². The Hall–Kier alpha value is -2.24. The first-order valence-corrected chi connectivity index (χ1v) is 8.98. The zero-order chi connectivity index (χ0) is 18.5. The number of piperazine rings is 1. The standard InChI is InChI=1S/C20H23ClN2O3/c1-25-17-8-5-9-18(26-2)19(17)20(24)23-12-10-22(11-13-23)14-15-6-3-4-7-16(15)21/h3-9H,10-14H2,1-2H3. The minimum atomic E-state index is -0.0586. The summed E-state index contributed by atoms with van der Waals surface area (Å²) in [5.41, 5.74) is 1.59. The summed E-state index contributed by atoms with van der Waals surface area (Å²) in [4.78, 5) is 17.2. The van der Waals surface area contributed by atoms with E-state index in [0.29, 0.717) is 30.2 Å². The van der Waals surface area contributed by atoms with Gasteiger partial charge in [0.15, 0.2) is 0 Å². The van der Waals surface area contributed by atoms with Crippen LogP contribution in [0.15, 0.2) is 42.5 Å². The lowest BCUT2D eigenvalue weighted by molar-refractivity contribution is 0.0622. The fourth-order valence-corrected chi connectivity index (χ4v) is 3.39. The molecule has 0 bridgehead atoms. The van der Waals surface area contributed by atoms with Gasteiger partial charge in [-0.15, -0.1) is 0 Å². The fraction of sp³-hybridized carbons (Fsp3) is 0.350. The molecule has 1 fully saturated rings. The summed E-state index contributed by atoms with van der Waals surface area (Å²) in [6, 6.07) is 13.3. The summed E-state index contributed by atoms with van der Waals surface area (Å²) in [6.07, 6.45) is 0. The van der Waals surface area contributed by atoms with Crippen molar-refractivity contribution in [2.45, 2.75) is 6.54 Å². The lowest BCUT2D eigenvalue weighted by atomic mass is 10.1. The average Bonchev–Trinajstić information content (AvgIpc) is 2.69. The predicted molar refractivity (Wildman–Crippen MR) is 102 cm³/mol. The topological polar surface area (TPSA) is 42.0 Å². The predicted octanol–water partition coefficient (Wildman–Crippen LogP) is 3.32. The van der Waals surface area contributed by atoms with Crippen molar-refractivity contribution in [1.82, 2.24) is 9.80 Å². The highest BCUT2D eigenvalue weighted by Gasteiger charge is 2.27. The number of hydrogen-bond donors (Lipinski definition) is 0. The number of halogens is 1. The zero-order valence-electron chi connectivity index (χ0n) is 15.1. The van der Waals surface area contributed by atoms with Crippen molar-refractivity contribution in [1.29, 1.82) is 0 Å². The third-order valence-electron chi connectivity index (χ3n) is 4.65. The summed E-state index contributed by atoms with van der Waals surface area (Å²) in [6.45, 7) is 3.71. The van der Waals surface area contributed by atoms with Gasteiger partial charge in [0.1, 0.15) is 17.1 Å². The van der Waals surface area contributed by atoms with Gasteiger partial charge in [0.05, 0.1) is 14.2 Å². The number of amides is 1. The van der Waals surface area contributed by atoms with E-state index >= 15 is 0 Å². The van der Waals surface area contributed by atoms with Crippen LogP contribution in [0.1, 0.15) is 15.9 Å². The van der Waals surface area contributed by atoms with Gasteiger partial charge in [0.25, 0.3) is 5.91 Å². The summed E-state index contributed by atoms with van der Waals surface area (Å²) in [5, 5.41) is 0.782. The van der Waals surface area contributed by atoms with Gasteiger partial charge < -0.3 is 14.4 Å². The van der Waals surface area contributed by atoms with Crippen LogP contribution in [-0.2, 0) is 6.54 Å². The van der Waals surface area contributed by atoms with E-state index in [2.05, 4.69) is 4.90 Å². The fourth-order valence-electron chi connectivity index (χ4n) is 3.20. The summed E-state index contributed by atoms with van der Waals surface area (Å²) in [7, 11) is 3.13. The third kappa shape index (κ3) is 3.94. The van der Waals surface area contributed by atoms with Crippen molar-refractivity contribution in [3.8, 4) is 11.5 Å². The number of carbonyl (C=O) groups excluding carboxylic acids is 1. The molecule has 0 saturated carbocycles. The van der Waals surface area contributed by atoms with E-state index in [-0.39, 0.29) is 5.91 Å². The molecule has 138 valence electrons. The molecule has 1 heterocycles. The number of benzene rings is 2. The Labute approximate surface area is 159 Å². The summed E-state index contributed by atoms with van der Waals surface area (Å²) < 4.78 is 10.7. The zero-order valence-corrected chi connectivity index (χ0v) is 15.8. The maximum Gasteiger partial charge on any atom is 0.261 e. The van der Waals surface area contributed by atoms with Gasteiger partial charge in [-0.1, -0.05) is 35.9 Å². The molecule has 0 unspecified atom stereocenters. The van der Waals surface area contributed by atoms with E-state index in [1.54, 1.807) is 26.4 Å². The van der Waals surface area contributed by atoms with Crippen LogP contribution in [0.4, 0.5) is 0 Å². The lowest BCUT2D eigenvalue weighted by Gasteiger charge is -2.35. The van der Waals surface area contributed by atoms with Gasteiger partial charge in [-0.3, -0.25) is 9.69 Å². The minimum Gasteiger partial charge on any atom is -0.496 e. The second-order valence-corrected chi connectivity index (χ2v) is 6.60. The van der Waals surface area contributed by atoms with Crippen molar-refractivity contribution >= 4 is 17.5 Å². The highest BCUT2D eigenvalue weighted by molar-refractivity contribution is 6.31. The first-order valence-electron chi connectivity index (χ1n) is 8.60. The number of rotatable bonds is 5. The number of ether oxygens (including phenoxy) is 2. The van der Waals surface area contributed by atoms with E-state index in [0.717, 1.165) is 30.2 Å². The Kier molecular flexibility index (Phi) is 6.01. The van der Waals surface area contributed by atoms with E-state index < -0.39 is 0 Å². The van der Waals surface area contributed by atoms with Crippen LogP contribution in [-0.4, -0.2) is 56.1 Å². The number of hydrogen-bond acceptors (Lipinski definition) is 4. The Bertz CT molecular complexity index is 751. The first-order chi connectivity index (χ1) is 12.6. The second kappa shape index (κ2) is 8.43. The molecule has 2 aromatic carbocycles. The molecule has 6 heteroatoms. The smallest absolute Gasteiger partial charge is 0.261 e. The number of methoxy groups -OCH3 is 2. The normalized spacial score (nSPS) is 15.0. The highest BCUT2D eigenvalue weighted by Crippen LogP contribution is 2.30. The Morgan fingerprint density at radius 1 is 0.962 bits per heavy atom. The van der Waals surface area contributed by atoms with Gasteiger partial charge in [-0.05, 0) is 23.8 Å². The SMILES string of the molecule is COc1cccc(OC)c1C(=O)N1CCN(Cc2ccccc2Cl)CC1. The number of carbonyl (C=O) groups is 1. The molecular weight excluding hydrogens is 352 g/mol. The summed E-state index contributed by atoms with van der Waals surface area (Å²) in [5.74, 6) is 1.01. The Morgan fingerprint density at radius 3 is 2.15 bits per heavy atom. The maximum atomic E-state index is 13.0. The molecule has 1 saturated heterocycles. The molecular formula is C20H23ClN2O3. The molecule has 3 rings (SSSR count). The second-order valence-electron chi connectivity index (χ2n) is 6.20. The monoisotopic (exact) mass is 374 g/mol. The molecule has 0 aromatic heterocycles. The van der Waals surface area contributed by atoms with Gasteiger partial charge >= 0.3 is 0 Å². The molecule has 1 aliphatic rings. The van der Waals surface area contributed by atoms with Crippen LogP contribution in [0.25, 0.3) is 0 Å². The van der Waals surface area contributed by atoms with Crippen molar-refractivity contribution in [3.05, 3.63) is 58.6 Å². The molecule has 0 N–H and O–H groups in total. The first kappa shape index (κ1) is 18.5. The molecule has 0 radical (unpaired) electrons. The molecule has 0 aliphatic carbocycles. The van der Waals surface area contributed by atoms with E-state index in [1.165, 1.54) is 0 Å². The third-order valence-corrected chi connectivity index (χ3v) is 5.02. The van der Waals surface area contributed by atoms with Crippen LogP contribution in [0, 0.1) is 0 Å². The Balaban J connectivity index is 1.67. The molecule has 2 aromatic rings. The molecule has 0 spiro atoms. The van der Waals surface area contributed by atoms with Gasteiger partial charge in [-0.25, -0.2) is 0 Å². The molecule has 1 amide bonds. The molecule has 1 aliphatic heterocycles. The van der Waals surface area contributed by atoms with Crippen LogP contribution < -0.4 is 9.47 Å². The quantitative estimate of drug-likeness (QED) is 0.805. The number of nitrogens with zero attached hydrogens (tertiary/aromatic N) is 2. The maximum absolute atomic E-state index is 13.0. The largest absolute Gasteiger partial charge is 0.496 e. The van der Waals surface area contributed by atoms with Gasteiger partial charge in [0.2, 0.25) is 0 Å². The highest BCUT2D eigenvalue weighted by atomic mass is 35.5. The molecule has 5 nitrogen and oxygen atoms in total.